The third-order valence-corrected chi connectivity index (χ3v) is 1.86. The monoisotopic (exact) mass is 208 g/mol. The van der Waals surface area contributed by atoms with Gasteiger partial charge in [0.05, 0.1) is 0 Å². The standard InChI is InChI=1S/C10H9FN2O2/c11-10-3-1-2-9(6-10)7-15-13-5-4-12(14)8-13/h1-6,8H,7H2. The second kappa shape index (κ2) is 4.00. The van der Waals surface area contributed by atoms with E-state index in [1.165, 1.54) is 35.6 Å². The first-order chi connectivity index (χ1) is 7.24. The fourth-order valence-electron chi connectivity index (χ4n) is 1.17. The van der Waals surface area contributed by atoms with Gasteiger partial charge < -0.3 is 10.0 Å². The molecule has 0 saturated carbocycles. The predicted octanol–water partition coefficient (Wildman–Crippen LogP) is 0.889. The molecule has 2 rings (SSSR count). The number of rotatable bonds is 3. The van der Waals surface area contributed by atoms with Crippen LogP contribution in [0.5, 0.6) is 0 Å². The Morgan fingerprint density at radius 1 is 1.47 bits per heavy atom. The molecular formula is C10H9FN2O2. The van der Waals surface area contributed by atoms with Gasteiger partial charge in [0.15, 0.2) is 12.8 Å². The molecule has 0 N–H and O–H groups in total. The molecule has 0 atom stereocenters. The van der Waals surface area contributed by atoms with Crippen molar-refractivity contribution in [3.63, 3.8) is 0 Å². The summed E-state index contributed by atoms with van der Waals surface area (Å²) in [6.07, 6.45) is 4.02. The summed E-state index contributed by atoms with van der Waals surface area (Å²) in [5.41, 5.74) is 0.709. The van der Waals surface area contributed by atoms with E-state index in [0.29, 0.717) is 10.3 Å². The van der Waals surface area contributed by atoms with Crippen LogP contribution in [0.25, 0.3) is 0 Å². The summed E-state index contributed by atoms with van der Waals surface area (Å²) in [4.78, 5) is 5.20. The molecule has 78 valence electrons. The lowest BCUT2D eigenvalue weighted by molar-refractivity contribution is -0.606. The molecule has 2 aromatic rings. The average molecular weight is 208 g/mol. The molecule has 0 aliphatic rings. The van der Waals surface area contributed by atoms with E-state index in [2.05, 4.69) is 0 Å². The van der Waals surface area contributed by atoms with Crippen molar-refractivity contribution in [1.29, 1.82) is 0 Å². The lowest BCUT2D eigenvalue weighted by Crippen LogP contribution is -2.22. The molecule has 0 aliphatic heterocycles. The summed E-state index contributed by atoms with van der Waals surface area (Å²) in [5.74, 6) is -0.303. The fourth-order valence-corrected chi connectivity index (χ4v) is 1.17. The topological polar surface area (TPSA) is 41.1 Å². The first-order valence-electron chi connectivity index (χ1n) is 4.38. The zero-order chi connectivity index (χ0) is 10.7. The van der Waals surface area contributed by atoms with E-state index >= 15 is 0 Å². The van der Waals surface area contributed by atoms with E-state index in [1.54, 1.807) is 12.1 Å². The Kier molecular flexibility index (Phi) is 2.53. The molecule has 0 bridgehead atoms. The van der Waals surface area contributed by atoms with Gasteiger partial charge in [-0.2, -0.15) is 0 Å². The summed E-state index contributed by atoms with van der Waals surface area (Å²) >= 11 is 0. The minimum absolute atomic E-state index is 0.215. The zero-order valence-corrected chi connectivity index (χ0v) is 7.84. The van der Waals surface area contributed by atoms with Crippen molar-refractivity contribution in [1.82, 2.24) is 4.73 Å². The molecule has 4 nitrogen and oxygen atoms in total. The van der Waals surface area contributed by atoms with Crippen molar-refractivity contribution in [3.8, 4) is 0 Å². The minimum Gasteiger partial charge on any atom is -0.711 e. The summed E-state index contributed by atoms with van der Waals surface area (Å²) in [5, 5.41) is 10.7. The number of hydrogen-bond acceptors (Lipinski definition) is 2. The van der Waals surface area contributed by atoms with Gasteiger partial charge in [-0.05, 0) is 17.7 Å². The molecule has 5 heteroatoms. The first kappa shape index (κ1) is 9.51. The predicted molar refractivity (Wildman–Crippen MR) is 50.1 cm³/mol. The van der Waals surface area contributed by atoms with Crippen LogP contribution in [-0.4, -0.2) is 4.73 Å². The maximum Gasteiger partial charge on any atom is 0.287 e. The van der Waals surface area contributed by atoms with E-state index in [0.717, 1.165) is 0 Å². The normalized spacial score (nSPS) is 10.2. The van der Waals surface area contributed by atoms with Crippen LogP contribution in [0.3, 0.4) is 0 Å². The second-order valence-corrected chi connectivity index (χ2v) is 3.04. The molecule has 1 aromatic carbocycles. The summed E-state index contributed by atoms with van der Waals surface area (Å²) in [6, 6.07) is 6.11. The van der Waals surface area contributed by atoms with Gasteiger partial charge >= 0.3 is 0 Å². The largest absolute Gasteiger partial charge is 0.711 e. The Morgan fingerprint density at radius 2 is 2.33 bits per heavy atom. The Bertz CT molecular complexity index is 456. The van der Waals surface area contributed by atoms with E-state index in [1.807, 2.05) is 0 Å². The van der Waals surface area contributed by atoms with Crippen molar-refractivity contribution >= 4 is 0 Å². The van der Waals surface area contributed by atoms with Crippen LogP contribution in [-0.2, 0) is 6.61 Å². The van der Waals surface area contributed by atoms with Gasteiger partial charge in [0.1, 0.15) is 12.0 Å². The van der Waals surface area contributed by atoms with Gasteiger partial charge in [-0.15, -0.1) is 0 Å². The van der Waals surface area contributed by atoms with Crippen LogP contribution < -0.4 is 9.57 Å². The second-order valence-electron chi connectivity index (χ2n) is 3.04. The summed E-state index contributed by atoms with van der Waals surface area (Å²) in [7, 11) is 0. The smallest absolute Gasteiger partial charge is 0.287 e. The molecule has 0 radical (unpaired) electrons. The SMILES string of the molecule is [O-][n+]1ccn(OCc2cccc(F)c2)c1. The Balaban J connectivity index is 1.99. The third kappa shape index (κ3) is 2.46. The van der Waals surface area contributed by atoms with Crippen LogP contribution in [0.1, 0.15) is 5.56 Å². The Hall–Kier alpha value is -2.04. The molecule has 0 amide bonds. The highest BCUT2D eigenvalue weighted by molar-refractivity contribution is 5.15. The van der Waals surface area contributed by atoms with E-state index in [4.69, 9.17) is 4.84 Å². The molecule has 0 unspecified atom stereocenters. The number of hydrogen-bond donors (Lipinski definition) is 0. The Morgan fingerprint density at radius 3 is 3.00 bits per heavy atom. The highest BCUT2D eigenvalue weighted by Gasteiger charge is 2.01. The zero-order valence-electron chi connectivity index (χ0n) is 7.84. The highest BCUT2D eigenvalue weighted by Crippen LogP contribution is 2.03. The lowest BCUT2D eigenvalue weighted by atomic mass is 10.2. The van der Waals surface area contributed by atoms with Crippen molar-refractivity contribution < 1.29 is 14.0 Å². The van der Waals surface area contributed by atoms with Gasteiger partial charge in [0.25, 0.3) is 6.33 Å². The average Bonchev–Trinajstić information content (AvgIpc) is 2.62. The van der Waals surface area contributed by atoms with E-state index in [9.17, 15) is 9.60 Å². The van der Waals surface area contributed by atoms with Crippen LogP contribution in [0.15, 0.2) is 43.0 Å². The number of nitrogens with zero attached hydrogens (tertiary/aromatic N) is 2. The highest BCUT2D eigenvalue weighted by atomic mass is 19.1. The number of imidazole rings is 1. The van der Waals surface area contributed by atoms with Gasteiger partial charge in [-0.25, -0.2) is 9.12 Å². The maximum atomic E-state index is 12.8. The molecular weight excluding hydrogens is 199 g/mol. The molecule has 15 heavy (non-hydrogen) atoms. The minimum atomic E-state index is -0.303. The molecule has 0 fully saturated rings. The van der Waals surface area contributed by atoms with Gasteiger partial charge in [-0.3, -0.25) is 0 Å². The van der Waals surface area contributed by atoms with Crippen molar-refractivity contribution in [2.75, 3.05) is 0 Å². The van der Waals surface area contributed by atoms with E-state index in [-0.39, 0.29) is 12.4 Å². The lowest BCUT2D eigenvalue weighted by Gasteiger charge is -2.00. The molecule has 1 aromatic heterocycles. The number of benzene rings is 1. The van der Waals surface area contributed by atoms with Gasteiger partial charge in [0.2, 0.25) is 0 Å². The van der Waals surface area contributed by atoms with Crippen LogP contribution in [0.4, 0.5) is 4.39 Å². The molecule has 0 aliphatic carbocycles. The third-order valence-electron chi connectivity index (χ3n) is 1.86. The molecule has 0 spiro atoms. The van der Waals surface area contributed by atoms with Crippen LogP contribution >= 0.6 is 0 Å². The van der Waals surface area contributed by atoms with E-state index < -0.39 is 0 Å². The van der Waals surface area contributed by atoms with Crippen LogP contribution in [0.2, 0.25) is 0 Å². The van der Waals surface area contributed by atoms with Crippen LogP contribution in [0, 0.1) is 11.0 Å². The first-order valence-corrected chi connectivity index (χ1v) is 4.38. The van der Waals surface area contributed by atoms with Gasteiger partial charge in [-0.1, -0.05) is 16.9 Å². The maximum absolute atomic E-state index is 12.8. The number of halogens is 1. The van der Waals surface area contributed by atoms with Crippen molar-refractivity contribution in [3.05, 3.63) is 59.6 Å². The number of aromatic nitrogens is 2. The summed E-state index contributed by atoms with van der Waals surface area (Å²) < 4.78 is 14.7. The Labute approximate surface area is 85.7 Å². The van der Waals surface area contributed by atoms with Crippen molar-refractivity contribution in [2.45, 2.75) is 6.61 Å². The molecule has 1 heterocycles. The van der Waals surface area contributed by atoms with Crippen molar-refractivity contribution in [2.24, 2.45) is 0 Å². The van der Waals surface area contributed by atoms with Gasteiger partial charge in [0, 0.05) is 0 Å². The summed E-state index contributed by atoms with van der Waals surface area (Å²) in [6.45, 7) is 0.215. The fraction of sp³-hybridized carbons (Fsp3) is 0.100. The molecule has 0 saturated heterocycles. The quantitative estimate of drug-likeness (QED) is 0.555.